The van der Waals surface area contributed by atoms with Crippen LogP contribution in [0.2, 0.25) is 0 Å². The molecule has 1 saturated heterocycles. The van der Waals surface area contributed by atoms with Gasteiger partial charge in [-0.25, -0.2) is 8.42 Å². The lowest BCUT2D eigenvalue weighted by molar-refractivity contribution is -0.125. The summed E-state index contributed by atoms with van der Waals surface area (Å²) >= 11 is 0. The first kappa shape index (κ1) is 19.7. The summed E-state index contributed by atoms with van der Waals surface area (Å²) in [4.78, 5) is 12.7. The molecule has 130 valence electrons. The molecule has 2 N–H and O–H groups in total. The van der Waals surface area contributed by atoms with Crippen LogP contribution in [0.3, 0.4) is 0 Å². The summed E-state index contributed by atoms with van der Waals surface area (Å²) in [6, 6.07) is 0.143. The number of halogens is 1. The fourth-order valence-electron chi connectivity index (χ4n) is 3.71. The van der Waals surface area contributed by atoms with E-state index in [1.165, 1.54) is 12.7 Å². The molecule has 0 bridgehead atoms. The van der Waals surface area contributed by atoms with Gasteiger partial charge >= 0.3 is 0 Å². The van der Waals surface area contributed by atoms with E-state index in [0.717, 1.165) is 25.7 Å². The van der Waals surface area contributed by atoms with Crippen molar-refractivity contribution in [2.24, 2.45) is 5.92 Å². The van der Waals surface area contributed by atoms with Gasteiger partial charge in [0.1, 0.15) is 0 Å². The summed E-state index contributed by atoms with van der Waals surface area (Å²) in [6.07, 6.45) is 7.39. The molecule has 2 atom stereocenters. The molecule has 1 amide bonds. The highest BCUT2D eigenvalue weighted by molar-refractivity contribution is 7.92. The Bertz CT molecular complexity index is 475. The first-order valence-corrected chi connectivity index (χ1v) is 9.99. The first-order chi connectivity index (χ1) is 9.89. The van der Waals surface area contributed by atoms with E-state index in [1.807, 2.05) is 0 Å². The van der Waals surface area contributed by atoms with Crippen molar-refractivity contribution in [3.8, 4) is 0 Å². The molecular weight excluding hydrogens is 324 g/mol. The maximum atomic E-state index is 12.7. The maximum Gasteiger partial charge on any atom is 0.241 e. The van der Waals surface area contributed by atoms with Gasteiger partial charge in [-0.2, -0.15) is 0 Å². The Morgan fingerprint density at radius 2 is 1.91 bits per heavy atom. The fraction of sp³-hybridized carbons (Fsp3) is 0.933. The van der Waals surface area contributed by atoms with Crippen molar-refractivity contribution in [3.05, 3.63) is 0 Å². The minimum Gasteiger partial charge on any atom is -0.352 e. The molecule has 2 aliphatic rings. The number of hydrogen-bond acceptors (Lipinski definition) is 4. The van der Waals surface area contributed by atoms with E-state index in [0.29, 0.717) is 31.8 Å². The van der Waals surface area contributed by atoms with E-state index in [9.17, 15) is 13.2 Å². The van der Waals surface area contributed by atoms with Crippen LogP contribution in [0.1, 0.15) is 51.9 Å². The zero-order chi connectivity index (χ0) is 15.5. The molecule has 2 rings (SSSR count). The molecular formula is C15H29ClN2O3S. The van der Waals surface area contributed by atoms with Crippen molar-refractivity contribution in [1.29, 1.82) is 0 Å². The minimum absolute atomic E-state index is 0. The Kier molecular flexibility index (Phi) is 7.15. The lowest BCUT2D eigenvalue weighted by Crippen LogP contribution is -2.59. The number of rotatable bonds is 4. The van der Waals surface area contributed by atoms with E-state index < -0.39 is 14.6 Å². The number of piperidine rings is 1. The summed E-state index contributed by atoms with van der Waals surface area (Å²) in [5.74, 6) is 0.388. The number of amides is 1. The van der Waals surface area contributed by atoms with Crippen LogP contribution in [-0.2, 0) is 14.6 Å². The van der Waals surface area contributed by atoms with E-state index in [2.05, 4.69) is 17.6 Å². The summed E-state index contributed by atoms with van der Waals surface area (Å²) in [5, 5.41) is 6.20. The fourth-order valence-corrected chi connectivity index (χ4v) is 5.05. The summed E-state index contributed by atoms with van der Waals surface area (Å²) in [7, 11) is -3.41. The van der Waals surface area contributed by atoms with E-state index in [1.54, 1.807) is 0 Å². The molecule has 0 radical (unpaired) electrons. The van der Waals surface area contributed by atoms with Crippen LogP contribution >= 0.6 is 12.4 Å². The van der Waals surface area contributed by atoms with Crippen molar-refractivity contribution >= 4 is 28.2 Å². The third kappa shape index (κ3) is 4.15. The SMILES string of the molecule is CCC1CCCC(NC(=O)C2(S(C)(=O)=O)CCNCC2)C1.Cl. The first-order valence-electron chi connectivity index (χ1n) is 8.10. The topological polar surface area (TPSA) is 75.3 Å². The average molecular weight is 353 g/mol. The zero-order valence-electron chi connectivity index (χ0n) is 13.6. The molecule has 1 heterocycles. The largest absolute Gasteiger partial charge is 0.352 e. The van der Waals surface area contributed by atoms with E-state index in [-0.39, 0.29) is 24.4 Å². The maximum absolute atomic E-state index is 12.7. The Balaban J connectivity index is 0.00000242. The van der Waals surface area contributed by atoms with Gasteiger partial charge in [0.05, 0.1) is 0 Å². The van der Waals surface area contributed by atoms with Gasteiger partial charge in [-0.05, 0) is 44.7 Å². The smallest absolute Gasteiger partial charge is 0.241 e. The lowest BCUT2D eigenvalue weighted by Gasteiger charge is -2.37. The highest BCUT2D eigenvalue weighted by Gasteiger charge is 2.49. The zero-order valence-corrected chi connectivity index (χ0v) is 15.2. The molecule has 2 unspecified atom stereocenters. The molecule has 1 aliphatic carbocycles. The van der Waals surface area contributed by atoms with Crippen LogP contribution in [0.4, 0.5) is 0 Å². The number of sulfone groups is 1. The predicted molar refractivity (Wildman–Crippen MR) is 91.1 cm³/mol. The molecule has 0 aromatic heterocycles. The van der Waals surface area contributed by atoms with Crippen LogP contribution < -0.4 is 10.6 Å². The van der Waals surface area contributed by atoms with Gasteiger partial charge in [-0.3, -0.25) is 4.79 Å². The minimum atomic E-state index is -3.41. The summed E-state index contributed by atoms with van der Waals surface area (Å²) in [5.41, 5.74) is 0. The Hall–Kier alpha value is -0.330. The molecule has 22 heavy (non-hydrogen) atoms. The van der Waals surface area contributed by atoms with Crippen LogP contribution in [0.25, 0.3) is 0 Å². The number of carbonyl (C=O) groups excluding carboxylic acids is 1. The third-order valence-electron chi connectivity index (χ3n) is 5.23. The standard InChI is InChI=1S/C15H28N2O3S.ClH/c1-3-12-5-4-6-13(11-12)17-14(18)15(21(2,19)20)7-9-16-10-8-15;/h12-13,16H,3-11H2,1-2H3,(H,17,18);1H. The van der Waals surface area contributed by atoms with E-state index >= 15 is 0 Å². The van der Waals surface area contributed by atoms with Gasteiger partial charge in [0.2, 0.25) is 5.91 Å². The average Bonchev–Trinajstić information content (AvgIpc) is 2.47. The normalized spacial score (nSPS) is 28.5. The van der Waals surface area contributed by atoms with Gasteiger partial charge in [0, 0.05) is 12.3 Å². The molecule has 5 nitrogen and oxygen atoms in total. The Morgan fingerprint density at radius 1 is 1.27 bits per heavy atom. The highest BCUT2D eigenvalue weighted by Crippen LogP contribution is 2.31. The second-order valence-corrected chi connectivity index (χ2v) is 8.95. The highest BCUT2D eigenvalue weighted by atomic mass is 35.5. The van der Waals surface area contributed by atoms with Crippen molar-refractivity contribution in [1.82, 2.24) is 10.6 Å². The quantitative estimate of drug-likeness (QED) is 0.806. The van der Waals surface area contributed by atoms with Gasteiger partial charge in [0.25, 0.3) is 0 Å². The monoisotopic (exact) mass is 352 g/mol. The van der Waals surface area contributed by atoms with Crippen molar-refractivity contribution in [3.63, 3.8) is 0 Å². The molecule has 7 heteroatoms. The second kappa shape index (κ2) is 7.97. The summed E-state index contributed by atoms with van der Waals surface area (Å²) in [6.45, 7) is 3.35. The molecule has 0 spiro atoms. The van der Waals surface area contributed by atoms with Gasteiger partial charge < -0.3 is 10.6 Å². The van der Waals surface area contributed by atoms with Crippen LogP contribution in [0.5, 0.6) is 0 Å². The number of nitrogens with one attached hydrogen (secondary N) is 2. The van der Waals surface area contributed by atoms with Crippen LogP contribution in [0.15, 0.2) is 0 Å². The number of hydrogen-bond donors (Lipinski definition) is 2. The molecule has 1 saturated carbocycles. The molecule has 2 fully saturated rings. The number of carbonyl (C=O) groups is 1. The van der Waals surface area contributed by atoms with Crippen LogP contribution in [0, 0.1) is 5.92 Å². The molecule has 0 aromatic carbocycles. The predicted octanol–water partition coefficient (Wildman–Crippen LogP) is 1.66. The summed E-state index contributed by atoms with van der Waals surface area (Å²) < 4.78 is 23.2. The third-order valence-corrected chi connectivity index (χ3v) is 7.24. The van der Waals surface area contributed by atoms with Gasteiger partial charge in [-0.15, -0.1) is 12.4 Å². The van der Waals surface area contributed by atoms with Gasteiger partial charge in [0.15, 0.2) is 14.6 Å². The lowest BCUT2D eigenvalue weighted by atomic mass is 9.83. The second-order valence-electron chi connectivity index (χ2n) is 6.63. The van der Waals surface area contributed by atoms with Crippen molar-refractivity contribution in [2.45, 2.75) is 62.7 Å². The van der Waals surface area contributed by atoms with Crippen LogP contribution in [-0.4, -0.2) is 44.5 Å². The Morgan fingerprint density at radius 3 is 2.45 bits per heavy atom. The van der Waals surface area contributed by atoms with E-state index in [4.69, 9.17) is 0 Å². The molecule has 1 aliphatic heterocycles. The van der Waals surface area contributed by atoms with Gasteiger partial charge in [-0.1, -0.05) is 26.2 Å². The molecule has 0 aromatic rings. The van der Waals surface area contributed by atoms with Crippen molar-refractivity contribution < 1.29 is 13.2 Å². The van der Waals surface area contributed by atoms with Crippen molar-refractivity contribution in [2.75, 3.05) is 19.3 Å². The Labute approximate surface area is 140 Å².